The molecule has 2 aromatic heterocycles. The number of rotatable bonds is 22. The molecule has 2 heterocycles. The number of unbranched alkanes of at least 4 members (excludes halogenated alkanes) is 2. The van der Waals surface area contributed by atoms with Crippen molar-refractivity contribution in [3.8, 4) is 35.3 Å². The first-order valence-electron chi connectivity index (χ1n) is 22.4. The third-order valence-electron chi connectivity index (χ3n) is 11.8. The van der Waals surface area contributed by atoms with Crippen LogP contribution in [-0.2, 0) is 20.0 Å². The van der Waals surface area contributed by atoms with Crippen LogP contribution in [0.4, 0.5) is 22.7 Å². The number of benzene rings is 3. The third-order valence-corrected chi connectivity index (χ3v) is 14.6. The number of nitrogens with one attached hydrogen (secondary N) is 2. The summed E-state index contributed by atoms with van der Waals surface area (Å²) >= 11 is 0. The molecular weight excluding hydrogens is 909 g/mol. The molecule has 0 radical (unpaired) electrons. The Morgan fingerprint density at radius 2 is 0.912 bits per heavy atom. The Morgan fingerprint density at radius 3 is 1.21 bits per heavy atom. The van der Waals surface area contributed by atoms with Crippen molar-refractivity contribution in [3.63, 3.8) is 0 Å². The van der Waals surface area contributed by atoms with E-state index in [1.807, 2.05) is 26.0 Å². The van der Waals surface area contributed by atoms with Gasteiger partial charge in [-0.25, -0.2) is 35.4 Å². The topological polar surface area (TPSA) is 274 Å². The second kappa shape index (κ2) is 23.3. The zero-order valence-electron chi connectivity index (χ0n) is 38.9. The molecule has 0 amide bonds. The predicted molar refractivity (Wildman–Crippen MR) is 258 cm³/mol. The summed E-state index contributed by atoms with van der Waals surface area (Å²) in [5.74, 6) is -0.936. The summed E-state index contributed by atoms with van der Waals surface area (Å²) in [7, 11) is -7.61. The van der Waals surface area contributed by atoms with Gasteiger partial charge in [-0.05, 0) is 111 Å². The van der Waals surface area contributed by atoms with E-state index in [0.717, 1.165) is 60.5 Å². The van der Waals surface area contributed by atoms with Crippen LogP contribution in [-0.4, -0.2) is 49.3 Å². The summed E-state index contributed by atoms with van der Waals surface area (Å²) < 4.78 is 59.0. The molecule has 0 fully saturated rings. The van der Waals surface area contributed by atoms with Crippen LogP contribution in [0, 0.1) is 48.3 Å². The molecule has 2 unspecified atom stereocenters. The van der Waals surface area contributed by atoms with Gasteiger partial charge in [0, 0.05) is 24.2 Å². The Labute approximate surface area is 396 Å². The van der Waals surface area contributed by atoms with Crippen LogP contribution in [0.1, 0.15) is 101 Å². The van der Waals surface area contributed by atoms with Crippen molar-refractivity contribution >= 4 is 42.8 Å². The smallest absolute Gasteiger partial charge is 0.276 e. The lowest BCUT2D eigenvalue weighted by molar-refractivity contribution is 0.434. The van der Waals surface area contributed by atoms with E-state index < -0.39 is 42.9 Å². The third kappa shape index (κ3) is 12.0. The van der Waals surface area contributed by atoms with E-state index in [9.17, 15) is 47.2 Å². The molecule has 18 nitrogen and oxygen atoms in total. The second-order valence-corrected chi connectivity index (χ2v) is 19.8. The summed E-state index contributed by atoms with van der Waals surface area (Å²) in [6, 6.07) is 20.2. The van der Waals surface area contributed by atoms with Gasteiger partial charge in [-0.1, -0.05) is 66.2 Å². The fourth-order valence-electron chi connectivity index (χ4n) is 7.36. The standard InChI is InChI=1S/C48H56N10O8S2/c1-7-11-13-33(9-3)29-51-67(63,64)39-23-15-35(16-24-39)53-55-43-31(5)41(27-49)45(59)57(47(43)61)37-19-21-38(22-20-37)58-46(60)42(28-50)32(6)44(48(58)62)56-54-36-17-25-40(26-18-36)68(65,66)52-30-34(10-4)14-12-8-2/h15-26,33-34,51-52,61-62H,7-14,29-30H2,1-6H3. The molecule has 2 atom stereocenters. The van der Waals surface area contributed by atoms with Crippen molar-refractivity contribution in [2.75, 3.05) is 13.1 Å². The minimum absolute atomic E-state index is 0.0219. The first kappa shape index (κ1) is 52.1. The van der Waals surface area contributed by atoms with Crippen LogP contribution in [0.5, 0.6) is 11.8 Å². The molecule has 358 valence electrons. The summed E-state index contributed by atoms with van der Waals surface area (Å²) in [6.07, 6.45) is 7.58. The van der Waals surface area contributed by atoms with Crippen molar-refractivity contribution in [2.24, 2.45) is 32.3 Å². The summed E-state index contributed by atoms with van der Waals surface area (Å²) in [5.41, 5.74) is -2.41. The van der Waals surface area contributed by atoms with Gasteiger partial charge < -0.3 is 10.2 Å². The highest BCUT2D eigenvalue weighted by atomic mass is 32.2. The van der Waals surface area contributed by atoms with Crippen LogP contribution >= 0.6 is 0 Å². The van der Waals surface area contributed by atoms with E-state index in [1.165, 1.54) is 86.6 Å². The molecule has 0 saturated carbocycles. The van der Waals surface area contributed by atoms with Gasteiger partial charge in [0.15, 0.2) is 11.4 Å². The molecule has 0 aliphatic rings. The number of pyridine rings is 2. The molecule has 3 aromatic carbocycles. The number of nitriles is 2. The molecule has 0 saturated heterocycles. The summed E-state index contributed by atoms with van der Waals surface area (Å²) in [4.78, 5) is 27.3. The number of azo groups is 2. The highest BCUT2D eigenvalue weighted by Gasteiger charge is 2.24. The van der Waals surface area contributed by atoms with Gasteiger partial charge >= 0.3 is 0 Å². The maximum absolute atomic E-state index is 13.6. The van der Waals surface area contributed by atoms with E-state index in [0.29, 0.717) is 13.1 Å². The first-order chi connectivity index (χ1) is 32.5. The molecule has 68 heavy (non-hydrogen) atoms. The van der Waals surface area contributed by atoms with Gasteiger partial charge in [0.2, 0.25) is 31.8 Å². The van der Waals surface area contributed by atoms with Crippen LogP contribution in [0.15, 0.2) is 113 Å². The van der Waals surface area contributed by atoms with E-state index in [4.69, 9.17) is 0 Å². The van der Waals surface area contributed by atoms with Gasteiger partial charge in [-0.15, -0.1) is 10.2 Å². The van der Waals surface area contributed by atoms with Crippen molar-refractivity contribution in [1.29, 1.82) is 10.5 Å². The molecule has 5 rings (SSSR count). The van der Waals surface area contributed by atoms with Crippen molar-refractivity contribution in [2.45, 2.75) is 103 Å². The fourth-order valence-corrected chi connectivity index (χ4v) is 9.59. The van der Waals surface area contributed by atoms with Gasteiger partial charge in [0.1, 0.15) is 23.3 Å². The van der Waals surface area contributed by atoms with E-state index >= 15 is 0 Å². The van der Waals surface area contributed by atoms with Crippen molar-refractivity contribution in [3.05, 3.63) is 116 Å². The number of hydrogen-bond donors (Lipinski definition) is 4. The van der Waals surface area contributed by atoms with Crippen LogP contribution in [0.2, 0.25) is 0 Å². The Balaban J connectivity index is 1.42. The lowest BCUT2D eigenvalue weighted by Crippen LogP contribution is -2.29. The zero-order valence-corrected chi connectivity index (χ0v) is 40.5. The highest BCUT2D eigenvalue weighted by Crippen LogP contribution is 2.36. The number of sulfonamides is 2. The van der Waals surface area contributed by atoms with Gasteiger partial charge in [0.05, 0.1) is 32.5 Å². The molecule has 5 aromatic rings. The molecule has 4 N–H and O–H groups in total. The average molecular weight is 965 g/mol. The maximum Gasteiger partial charge on any atom is 0.276 e. The SMILES string of the molecule is CCCCC(CC)CNS(=O)(=O)c1ccc(N=Nc2c(C)c(C#N)c(=O)n(-c3ccc(-n4c(O)c(N=Nc5ccc(S(=O)(=O)NCC(CC)CCCC)cc5)c(C)c(C#N)c4=O)cc3)c2O)cc1. The largest absolute Gasteiger partial charge is 0.493 e. The summed E-state index contributed by atoms with van der Waals surface area (Å²) in [5, 5.41) is 59.4. The van der Waals surface area contributed by atoms with Crippen LogP contribution in [0.3, 0.4) is 0 Å². The Kier molecular flexibility index (Phi) is 17.8. The highest BCUT2D eigenvalue weighted by molar-refractivity contribution is 7.89. The molecule has 0 aliphatic heterocycles. The lowest BCUT2D eigenvalue weighted by Gasteiger charge is -2.16. The molecular formula is C48H56N10O8S2. The monoisotopic (exact) mass is 964 g/mol. The van der Waals surface area contributed by atoms with Crippen molar-refractivity contribution in [1.82, 2.24) is 18.6 Å². The number of aromatic nitrogens is 2. The van der Waals surface area contributed by atoms with Crippen molar-refractivity contribution < 1.29 is 27.0 Å². The number of nitrogens with zero attached hydrogens (tertiary/aromatic N) is 8. The molecule has 20 heteroatoms. The average Bonchev–Trinajstić information content (AvgIpc) is 3.32. The van der Waals surface area contributed by atoms with Gasteiger partial charge in [0.25, 0.3) is 11.1 Å². The number of aromatic hydroxyl groups is 2. The van der Waals surface area contributed by atoms with Gasteiger partial charge in [-0.2, -0.15) is 20.8 Å². The van der Waals surface area contributed by atoms with E-state index in [1.54, 1.807) is 0 Å². The lowest BCUT2D eigenvalue weighted by atomic mass is 10.00. The first-order valence-corrected chi connectivity index (χ1v) is 25.3. The Hall–Kier alpha value is -6.84. The molecule has 0 spiro atoms. The van der Waals surface area contributed by atoms with Crippen LogP contribution < -0.4 is 20.6 Å². The Bertz CT molecular complexity index is 2890. The second-order valence-electron chi connectivity index (χ2n) is 16.3. The molecule has 0 aliphatic carbocycles. The normalized spacial score (nSPS) is 12.9. The molecule has 0 bridgehead atoms. The predicted octanol–water partition coefficient (Wildman–Crippen LogP) is 9.58. The quantitative estimate of drug-likeness (QED) is 0.0477. The minimum atomic E-state index is -3.80. The Morgan fingerprint density at radius 1 is 0.574 bits per heavy atom. The van der Waals surface area contributed by atoms with E-state index in [2.05, 4.69) is 43.7 Å². The minimum Gasteiger partial charge on any atom is -0.493 e. The zero-order chi connectivity index (χ0) is 49.8. The number of hydrogen-bond acceptors (Lipinski definition) is 14. The van der Waals surface area contributed by atoms with Crippen LogP contribution in [0.25, 0.3) is 11.4 Å². The van der Waals surface area contributed by atoms with Gasteiger partial charge in [-0.3, -0.25) is 9.59 Å². The maximum atomic E-state index is 13.6. The fraction of sp³-hybridized carbons (Fsp3) is 0.375. The summed E-state index contributed by atoms with van der Waals surface area (Å²) in [6.45, 7) is 11.7. The van der Waals surface area contributed by atoms with E-state index in [-0.39, 0.29) is 78.0 Å².